The fourth-order valence-corrected chi connectivity index (χ4v) is 1.99. The molecule has 0 saturated heterocycles. The first-order chi connectivity index (χ1) is 10.1. The van der Waals surface area contributed by atoms with Crippen molar-refractivity contribution >= 4 is 11.6 Å². The van der Waals surface area contributed by atoms with Gasteiger partial charge in [-0.2, -0.15) is 0 Å². The quantitative estimate of drug-likeness (QED) is 0.787. The Morgan fingerprint density at radius 2 is 2.24 bits per heavy atom. The van der Waals surface area contributed by atoms with Crippen LogP contribution >= 0.6 is 11.6 Å². The van der Waals surface area contributed by atoms with Crippen LogP contribution in [0.1, 0.15) is 11.3 Å². The lowest BCUT2D eigenvalue weighted by atomic mass is 10.2. The highest BCUT2D eigenvalue weighted by atomic mass is 35.5. The Morgan fingerprint density at radius 1 is 1.38 bits per heavy atom. The van der Waals surface area contributed by atoms with E-state index in [4.69, 9.17) is 20.8 Å². The summed E-state index contributed by atoms with van der Waals surface area (Å²) in [6, 6.07) is 8.12. The second-order valence-electron chi connectivity index (χ2n) is 4.63. The van der Waals surface area contributed by atoms with Crippen LogP contribution in [0.5, 0.6) is 0 Å². The lowest BCUT2D eigenvalue weighted by molar-refractivity contribution is 0.0226. The van der Waals surface area contributed by atoms with Gasteiger partial charge in [-0.15, -0.1) is 0 Å². The van der Waals surface area contributed by atoms with Crippen LogP contribution in [0.2, 0.25) is 5.02 Å². The van der Waals surface area contributed by atoms with Gasteiger partial charge >= 0.3 is 0 Å². The normalized spacial score (nSPS) is 12.5. The van der Waals surface area contributed by atoms with E-state index >= 15 is 0 Å². The fourth-order valence-electron chi connectivity index (χ4n) is 1.78. The zero-order chi connectivity index (χ0) is 15.1. The van der Waals surface area contributed by atoms with Gasteiger partial charge in [0.25, 0.3) is 0 Å². The van der Waals surface area contributed by atoms with Crippen molar-refractivity contribution in [2.24, 2.45) is 0 Å². The van der Waals surface area contributed by atoms with Crippen LogP contribution < -0.4 is 5.32 Å². The number of halogens is 2. The van der Waals surface area contributed by atoms with Crippen LogP contribution in [0, 0.1) is 5.82 Å². The third-order valence-electron chi connectivity index (χ3n) is 2.83. The number of benzene rings is 1. The molecular formula is C15H17ClFNO3. The molecule has 6 heteroatoms. The third-order valence-corrected chi connectivity index (χ3v) is 3.12. The Labute approximate surface area is 127 Å². The van der Waals surface area contributed by atoms with Crippen LogP contribution in [0.4, 0.5) is 4.39 Å². The summed E-state index contributed by atoms with van der Waals surface area (Å²) in [4.78, 5) is 0. The molecule has 0 spiro atoms. The van der Waals surface area contributed by atoms with E-state index in [1.807, 2.05) is 6.07 Å². The molecular weight excluding hydrogens is 297 g/mol. The van der Waals surface area contributed by atoms with E-state index in [-0.39, 0.29) is 11.6 Å². The van der Waals surface area contributed by atoms with Gasteiger partial charge < -0.3 is 19.6 Å². The van der Waals surface area contributed by atoms with Crippen molar-refractivity contribution in [1.29, 1.82) is 0 Å². The van der Waals surface area contributed by atoms with Crippen molar-refractivity contribution in [1.82, 2.24) is 5.32 Å². The minimum Gasteiger partial charge on any atom is -0.467 e. The minimum absolute atomic E-state index is 0.0941. The second-order valence-corrected chi connectivity index (χ2v) is 5.03. The first kappa shape index (κ1) is 16.0. The Balaban J connectivity index is 1.62. The summed E-state index contributed by atoms with van der Waals surface area (Å²) in [6.45, 7) is 1.40. The highest BCUT2D eigenvalue weighted by molar-refractivity contribution is 6.30. The largest absolute Gasteiger partial charge is 0.467 e. The van der Waals surface area contributed by atoms with Gasteiger partial charge in [0.05, 0.1) is 24.0 Å². The zero-order valence-electron chi connectivity index (χ0n) is 11.4. The smallest absolute Gasteiger partial charge is 0.141 e. The second kappa shape index (κ2) is 8.14. The number of furan rings is 1. The molecule has 1 unspecified atom stereocenters. The molecule has 2 N–H and O–H groups in total. The van der Waals surface area contributed by atoms with Crippen LogP contribution in [0.15, 0.2) is 41.0 Å². The van der Waals surface area contributed by atoms with Crippen LogP contribution in [-0.4, -0.2) is 24.4 Å². The number of aliphatic hydroxyl groups excluding tert-OH is 1. The van der Waals surface area contributed by atoms with Crippen molar-refractivity contribution in [3.05, 3.63) is 58.8 Å². The maximum Gasteiger partial charge on any atom is 0.141 e. The number of hydrogen-bond acceptors (Lipinski definition) is 4. The zero-order valence-corrected chi connectivity index (χ0v) is 12.1. The summed E-state index contributed by atoms with van der Waals surface area (Å²) in [5, 5.41) is 12.9. The molecule has 0 amide bonds. The molecule has 0 aliphatic carbocycles. The summed E-state index contributed by atoms with van der Waals surface area (Å²) in [7, 11) is 0. The summed E-state index contributed by atoms with van der Waals surface area (Å²) in [5.41, 5.74) is 0.852. The van der Waals surface area contributed by atoms with E-state index in [1.54, 1.807) is 24.5 Å². The monoisotopic (exact) mass is 313 g/mol. The fraction of sp³-hybridized carbons (Fsp3) is 0.333. The molecule has 1 heterocycles. The summed E-state index contributed by atoms with van der Waals surface area (Å²) in [6.07, 6.45) is 0.945. The van der Waals surface area contributed by atoms with Gasteiger partial charge in [-0.05, 0) is 29.8 Å². The van der Waals surface area contributed by atoms with Gasteiger partial charge in [0, 0.05) is 13.1 Å². The number of nitrogens with one attached hydrogen (secondary N) is 1. The van der Waals surface area contributed by atoms with Gasteiger partial charge in [0.15, 0.2) is 0 Å². The van der Waals surface area contributed by atoms with Crippen molar-refractivity contribution in [3.63, 3.8) is 0 Å². The predicted molar refractivity (Wildman–Crippen MR) is 77.5 cm³/mol. The van der Waals surface area contributed by atoms with Crippen molar-refractivity contribution < 1.29 is 18.7 Å². The average molecular weight is 314 g/mol. The first-order valence-corrected chi connectivity index (χ1v) is 6.96. The van der Waals surface area contributed by atoms with E-state index in [0.29, 0.717) is 19.7 Å². The molecule has 0 bridgehead atoms. The predicted octanol–water partition coefficient (Wildman–Crippen LogP) is 2.74. The standard InChI is InChI=1S/C15H17ClFNO3/c16-14-6-11(3-4-15(14)17)7-18-8-12(19)9-20-10-13-2-1-5-21-13/h1-6,12,18-19H,7-10H2. The molecule has 0 aliphatic rings. The average Bonchev–Trinajstić information content (AvgIpc) is 2.96. The molecule has 21 heavy (non-hydrogen) atoms. The topological polar surface area (TPSA) is 54.6 Å². The molecule has 0 aliphatic heterocycles. The number of aliphatic hydroxyl groups is 1. The molecule has 0 saturated carbocycles. The summed E-state index contributed by atoms with van der Waals surface area (Å²) >= 11 is 5.69. The Kier molecular flexibility index (Phi) is 6.20. The number of ether oxygens (including phenoxy) is 1. The maximum absolute atomic E-state index is 13.0. The molecule has 0 fully saturated rings. The maximum atomic E-state index is 13.0. The molecule has 1 atom stereocenters. The van der Waals surface area contributed by atoms with Gasteiger partial charge in [-0.1, -0.05) is 17.7 Å². The lowest BCUT2D eigenvalue weighted by Crippen LogP contribution is -2.30. The first-order valence-electron chi connectivity index (χ1n) is 6.58. The van der Waals surface area contributed by atoms with Crippen molar-refractivity contribution in [2.75, 3.05) is 13.2 Å². The molecule has 2 rings (SSSR count). The van der Waals surface area contributed by atoms with E-state index in [0.717, 1.165) is 11.3 Å². The van der Waals surface area contributed by atoms with Gasteiger partial charge in [-0.25, -0.2) is 4.39 Å². The van der Waals surface area contributed by atoms with E-state index < -0.39 is 11.9 Å². The Bertz CT molecular complexity index is 548. The molecule has 4 nitrogen and oxygen atoms in total. The third kappa shape index (κ3) is 5.47. The molecule has 2 aromatic rings. The molecule has 114 valence electrons. The van der Waals surface area contributed by atoms with E-state index in [9.17, 15) is 9.50 Å². The number of rotatable bonds is 8. The highest BCUT2D eigenvalue weighted by Crippen LogP contribution is 2.15. The van der Waals surface area contributed by atoms with Gasteiger partial charge in [0.1, 0.15) is 18.2 Å². The summed E-state index contributed by atoms with van der Waals surface area (Å²) < 4.78 is 23.4. The van der Waals surface area contributed by atoms with E-state index in [2.05, 4.69) is 5.32 Å². The molecule has 1 aromatic heterocycles. The molecule has 0 radical (unpaired) electrons. The van der Waals surface area contributed by atoms with Crippen LogP contribution in [0.3, 0.4) is 0 Å². The molecule has 1 aromatic carbocycles. The SMILES string of the molecule is OC(CNCc1ccc(F)c(Cl)c1)COCc1ccco1. The van der Waals surface area contributed by atoms with Gasteiger partial charge in [-0.3, -0.25) is 0 Å². The lowest BCUT2D eigenvalue weighted by Gasteiger charge is -2.12. The Morgan fingerprint density at radius 3 is 2.95 bits per heavy atom. The summed E-state index contributed by atoms with van der Waals surface area (Å²) in [5.74, 6) is 0.280. The van der Waals surface area contributed by atoms with Crippen LogP contribution in [0.25, 0.3) is 0 Å². The Hall–Kier alpha value is -1.40. The van der Waals surface area contributed by atoms with Crippen LogP contribution in [-0.2, 0) is 17.9 Å². The van der Waals surface area contributed by atoms with E-state index in [1.165, 1.54) is 6.07 Å². The number of hydrogen-bond donors (Lipinski definition) is 2. The van der Waals surface area contributed by atoms with Crippen molar-refractivity contribution in [3.8, 4) is 0 Å². The minimum atomic E-state index is -0.629. The van der Waals surface area contributed by atoms with Gasteiger partial charge in [0.2, 0.25) is 0 Å². The highest BCUT2D eigenvalue weighted by Gasteiger charge is 2.06. The van der Waals surface area contributed by atoms with Crippen molar-refractivity contribution in [2.45, 2.75) is 19.3 Å².